The lowest BCUT2D eigenvalue weighted by Crippen LogP contribution is -2.52. The van der Waals surface area contributed by atoms with Crippen molar-refractivity contribution in [1.29, 1.82) is 0 Å². The molecule has 0 radical (unpaired) electrons. The van der Waals surface area contributed by atoms with Gasteiger partial charge in [0.2, 0.25) is 0 Å². The van der Waals surface area contributed by atoms with Gasteiger partial charge in [0.15, 0.2) is 0 Å². The standard InChI is InChI=1S/C12H14BrF3N2/c13-8-2-3-9(12(14,15)16)10(6-8)18-7-11(17)4-1-5-11/h2-3,6,18H,1,4-5,7,17H2. The fourth-order valence-electron chi connectivity index (χ4n) is 1.99. The lowest BCUT2D eigenvalue weighted by atomic mass is 9.78. The fourth-order valence-corrected chi connectivity index (χ4v) is 2.35. The summed E-state index contributed by atoms with van der Waals surface area (Å²) < 4.78 is 39.0. The zero-order valence-corrected chi connectivity index (χ0v) is 11.2. The van der Waals surface area contributed by atoms with Crippen LogP contribution in [-0.4, -0.2) is 12.1 Å². The Balaban J connectivity index is 2.17. The molecule has 1 saturated carbocycles. The first-order valence-electron chi connectivity index (χ1n) is 5.70. The molecule has 1 aromatic rings. The Morgan fingerprint density at radius 3 is 2.50 bits per heavy atom. The molecule has 0 aliphatic heterocycles. The van der Waals surface area contributed by atoms with Gasteiger partial charge in [0.05, 0.1) is 5.56 Å². The van der Waals surface area contributed by atoms with Gasteiger partial charge < -0.3 is 11.1 Å². The van der Waals surface area contributed by atoms with E-state index in [1.165, 1.54) is 12.1 Å². The molecule has 1 fully saturated rings. The molecule has 6 heteroatoms. The Morgan fingerprint density at radius 1 is 1.33 bits per heavy atom. The maximum absolute atomic E-state index is 12.8. The number of alkyl halides is 3. The summed E-state index contributed by atoms with van der Waals surface area (Å²) in [5, 5.41) is 2.83. The van der Waals surface area contributed by atoms with Crippen molar-refractivity contribution >= 4 is 21.6 Å². The van der Waals surface area contributed by atoms with E-state index >= 15 is 0 Å². The van der Waals surface area contributed by atoms with Crippen LogP contribution in [0.5, 0.6) is 0 Å². The largest absolute Gasteiger partial charge is 0.418 e. The van der Waals surface area contributed by atoms with Crippen molar-refractivity contribution in [3.05, 3.63) is 28.2 Å². The predicted molar refractivity (Wildman–Crippen MR) is 68.4 cm³/mol. The minimum atomic E-state index is -4.36. The normalized spacial score (nSPS) is 18.3. The van der Waals surface area contributed by atoms with Crippen LogP contribution in [0.25, 0.3) is 0 Å². The summed E-state index contributed by atoms with van der Waals surface area (Å²) in [6.07, 6.45) is -1.60. The number of benzene rings is 1. The first-order chi connectivity index (χ1) is 8.30. The molecule has 0 saturated heterocycles. The van der Waals surface area contributed by atoms with E-state index in [-0.39, 0.29) is 11.2 Å². The van der Waals surface area contributed by atoms with E-state index in [2.05, 4.69) is 21.2 Å². The number of halogens is 4. The van der Waals surface area contributed by atoms with Crippen molar-refractivity contribution in [3.63, 3.8) is 0 Å². The van der Waals surface area contributed by atoms with Crippen LogP contribution in [0.3, 0.4) is 0 Å². The van der Waals surface area contributed by atoms with Gasteiger partial charge >= 0.3 is 6.18 Å². The van der Waals surface area contributed by atoms with E-state index in [1.807, 2.05) is 0 Å². The molecule has 18 heavy (non-hydrogen) atoms. The molecule has 100 valence electrons. The second-order valence-electron chi connectivity index (χ2n) is 4.76. The van der Waals surface area contributed by atoms with Gasteiger partial charge in [0.25, 0.3) is 0 Å². The molecular formula is C12H14BrF3N2. The number of anilines is 1. The Kier molecular flexibility index (Phi) is 3.60. The lowest BCUT2D eigenvalue weighted by molar-refractivity contribution is -0.137. The van der Waals surface area contributed by atoms with Crippen LogP contribution in [0.1, 0.15) is 24.8 Å². The van der Waals surface area contributed by atoms with Gasteiger partial charge in [-0.25, -0.2) is 0 Å². The molecule has 0 heterocycles. The van der Waals surface area contributed by atoms with Crippen LogP contribution < -0.4 is 11.1 Å². The molecule has 0 unspecified atom stereocenters. The van der Waals surface area contributed by atoms with Crippen LogP contribution >= 0.6 is 15.9 Å². The van der Waals surface area contributed by atoms with Crippen molar-refractivity contribution in [2.75, 3.05) is 11.9 Å². The van der Waals surface area contributed by atoms with E-state index in [0.29, 0.717) is 11.0 Å². The fraction of sp³-hybridized carbons (Fsp3) is 0.500. The van der Waals surface area contributed by atoms with E-state index in [0.717, 1.165) is 25.3 Å². The highest BCUT2D eigenvalue weighted by atomic mass is 79.9. The van der Waals surface area contributed by atoms with Gasteiger partial charge in [-0.1, -0.05) is 15.9 Å². The van der Waals surface area contributed by atoms with Crippen molar-refractivity contribution in [2.45, 2.75) is 31.0 Å². The minimum Gasteiger partial charge on any atom is -0.383 e. The van der Waals surface area contributed by atoms with Crippen molar-refractivity contribution in [3.8, 4) is 0 Å². The molecule has 1 aliphatic rings. The molecule has 0 spiro atoms. The average molecular weight is 323 g/mol. The van der Waals surface area contributed by atoms with E-state index in [1.54, 1.807) is 0 Å². The minimum absolute atomic E-state index is 0.0774. The zero-order chi connectivity index (χ0) is 13.4. The van der Waals surface area contributed by atoms with Crippen molar-refractivity contribution in [1.82, 2.24) is 0 Å². The van der Waals surface area contributed by atoms with Gasteiger partial charge in [0, 0.05) is 22.2 Å². The summed E-state index contributed by atoms with van der Waals surface area (Å²) in [6.45, 7) is 0.368. The Morgan fingerprint density at radius 2 is 2.00 bits per heavy atom. The van der Waals surface area contributed by atoms with E-state index in [9.17, 15) is 13.2 Å². The molecule has 0 amide bonds. The molecule has 1 aliphatic carbocycles. The quantitative estimate of drug-likeness (QED) is 0.889. The SMILES string of the molecule is NC1(CNc2cc(Br)ccc2C(F)(F)F)CCC1. The maximum atomic E-state index is 12.8. The highest BCUT2D eigenvalue weighted by Crippen LogP contribution is 2.37. The first-order valence-corrected chi connectivity index (χ1v) is 6.49. The number of hydrogen-bond acceptors (Lipinski definition) is 2. The summed E-state index contributed by atoms with van der Waals surface area (Å²) in [5.74, 6) is 0. The molecule has 0 bridgehead atoms. The maximum Gasteiger partial charge on any atom is 0.418 e. The summed E-state index contributed by atoms with van der Waals surface area (Å²) in [6, 6.07) is 3.89. The number of nitrogens with two attached hydrogens (primary N) is 1. The Hall–Kier alpha value is -0.750. The monoisotopic (exact) mass is 322 g/mol. The third kappa shape index (κ3) is 2.98. The van der Waals surface area contributed by atoms with E-state index < -0.39 is 11.7 Å². The molecule has 1 aromatic carbocycles. The van der Waals surface area contributed by atoms with Gasteiger partial charge in [-0.15, -0.1) is 0 Å². The molecule has 0 atom stereocenters. The summed E-state index contributed by atoms with van der Waals surface area (Å²) >= 11 is 3.18. The van der Waals surface area contributed by atoms with Gasteiger partial charge in [-0.05, 0) is 37.5 Å². The topological polar surface area (TPSA) is 38.0 Å². The second-order valence-corrected chi connectivity index (χ2v) is 5.67. The Labute approximate surface area is 112 Å². The van der Waals surface area contributed by atoms with Crippen molar-refractivity contribution < 1.29 is 13.2 Å². The molecular weight excluding hydrogens is 309 g/mol. The van der Waals surface area contributed by atoms with Crippen LogP contribution in [0.2, 0.25) is 0 Å². The summed E-state index contributed by atoms with van der Waals surface area (Å²) in [4.78, 5) is 0. The molecule has 2 nitrogen and oxygen atoms in total. The number of nitrogens with one attached hydrogen (secondary N) is 1. The van der Waals surface area contributed by atoms with Gasteiger partial charge in [-0.2, -0.15) is 13.2 Å². The zero-order valence-electron chi connectivity index (χ0n) is 9.65. The van der Waals surface area contributed by atoms with Crippen LogP contribution in [0.4, 0.5) is 18.9 Å². The third-order valence-electron chi connectivity index (χ3n) is 3.27. The number of rotatable bonds is 3. The molecule has 2 rings (SSSR count). The Bertz CT molecular complexity index is 441. The second kappa shape index (κ2) is 4.74. The van der Waals surface area contributed by atoms with Crippen LogP contribution in [0.15, 0.2) is 22.7 Å². The van der Waals surface area contributed by atoms with Gasteiger partial charge in [-0.3, -0.25) is 0 Å². The van der Waals surface area contributed by atoms with Gasteiger partial charge in [0.1, 0.15) is 0 Å². The van der Waals surface area contributed by atoms with E-state index in [4.69, 9.17) is 5.73 Å². The molecule has 3 N–H and O–H groups in total. The average Bonchev–Trinajstić information content (AvgIpc) is 2.22. The smallest absolute Gasteiger partial charge is 0.383 e. The predicted octanol–water partition coefficient (Wildman–Crippen LogP) is 3.76. The summed E-state index contributed by atoms with van der Waals surface area (Å²) in [5.41, 5.74) is 5.06. The highest BCUT2D eigenvalue weighted by Gasteiger charge is 2.35. The van der Waals surface area contributed by atoms with Crippen LogP contribution in [-0.2, 0) is 6.18 Å². The number of hydrogen-bond donors (Lipinski definition) is 2. The van der Waals surface area contributed by atoms with Crippen LogP contribution in [0, 0.1) is 0 Å². The highest BCUT2D eigenvalue weighted by molar-refractivity contribution is 9.10. The first kappa shape index (κ1) is 13.7. The lowest BCUT2D eigenvalue weighted by Gasteiger charge is -2.38. The summed E-state index contributed by atoms with van der Waals surface area (Å²) in [7, 11) is 0. The molecule has 0 aromatic heterocycles. The third-order valence-corrected chi connectivity index (χ3v) is 3.76. The van der Waals surface area contributed by atoms with Crippen molar-refractivity contribution in [2.24, 2.45) is 5.73 Å².